The van der Waals surface area contributed by atoms with E-state index in [-0.39, 0.29) is 0 Å². The van der Waals surface area contributed by atoms with Crippen LogP contribution in [0.2, 0.25) is 0 Å². The van der Waals surface area contributed by atoms with Gasteiger partial charge in [-0.2, -0.15) is 4.72 Å². The summed E-state index contributed by atoms with van der Waals surface area (Å²) in [4.78, 5) is 12.5. The summed E-state index contributed by atoms with van der Waals surface area (Å²) in [6.07, 6.45) is -0.119. The molecule has 8 heteroatoms. The first kappa shape index (κ1) is 19.8. The average Bonchev–Trinajstić information content (AvgIpc) is 2.91. The third kappa shape index (κ3) is 5.23. The molecule has 0 aliphatic carbocycles. The van der Waals surface area contributed by atoms with Crippen molar-refractivity contribution in [2.45, 2.75) is 57.1 Å². The maximum atomic E-state index is 13.2. The van der Waals surface area contributed by atoms with E-state index in [0.29, 0.717) is 18.6 Å². The predicted molar refractivity (Wildman–Crippen MR) is 90.9 cm³/mol. The highest BCUT2D eigenvalue weighted by molar-refractivity contribution is 7.90. The van der Waals surface area contributed by atoms with Crippen LogP contribution in [-0.4, -0.2) is 37.9 Å². The van der Waals surface area contributed by atoms with Gasteiger partial charge in [0.05, 0.1) is 6.10 Å². The Labute approximate surface area is 147 Å². The summed E-state index contributed by atoms with van der Waals surface area (Å²) in [5, 5.41) is -0.752. The van der Waals surface area contributed by atoms with Crippen LogP contribution in [0, 0.1) is 5.82 Å². The largest absolute Gasteiger partial charge is 0.459 e. The van der Waals surface area contributed by atoms with Gasteiger partial charge in [-0.3, -0.25) is 0 Å². The fourth-order valence-corrected chi connectivity index (χ4v) is 4.36. The number of esters is 1. The Morgan fingerprint density at radius 1 is 1.32 bits per heavy atom. The van der Waals surface area contributed by atoms with Crippen LogP contribution in [0.5, 0.6) is 0 Å². The molecular formula is C17H24FNO5S. The molecule has 3 unspecified atom stereocenters. The molecule has 1 aromatic rings. The lowest BCUT2D eigenvalue weighted by Crippen LogP contribution is -2.44. The van der Waals surface area contributed by atoms with E-state index in [2.05, 4.69) is 4.72 Å². The zero-order valence-electron chi connectivity index (χ0n) is 14.8. The molecule has 3 atom stereocenters. The number of carbonyl (C=O) groups is 1. The van der Waals surface area contributed by atoms with Crippen LogP contribution < -0.4 is 4.72 Å². The van der Waals surface area contributed by atoms with Crippen molar-refractivity contribution < 1.29 is 27.1 Å². The molecular weight excluding hydrogens is 349 g/mol. The quantitative estimate of drug-likeness (QED) is 0.801. The monoisotopic (exact) mass is 373 g/mol. The molecule has 6 nitrogen and oxygen atoms in total. The maximum Gasteiger partial charge on any atom is 0.329 e. The summed E-state index contributed by atoms with van der Waals surface area (Å²) in [7, 11) is -3.84. The first-order valence-electron chi connectivity index (χ1n) is 8.11. The van der Waals surface area contributed by atoms with Gasteiger partial charge in [-0.1, -0.05) is 12.1 Å². The Morgan fingerprint density at radius 3 is 2.40 bits per heavy atom. The van der Waals surface area contributed by atoms with Gasteiger partial charge in [0.1, 0.15) is 22.7 Å². The van der Waals surface area contributed by atoms with Gasteiger partial charge < -0.3 is 9.47 Å². The van der Waals surface area contributed by atoms with Gasteiger partial charge in [0.2, 0.25) is 10.0 Å². The van der Waals surface area contributed by atoms with Crippen LogP contribution in [0.25, 0.3) is 0 Å². The molecule has 140 valence electrons. The summed E-state index contributed by atoms with van der Waals surface area (Å²) in [5.74, 6) is -1.22. The van der Waals surface area contributed by atoms with E-state index in [4.69, 9.17) is 9.47 Å². The number of carbonyl (C=O) groups excluding carboxylic acids is 1. The highest BCUT2D eigenvalue weighted by Gasteiger charge is 2.39. The minimum absolute atomic E-state index is 0.311. The van der Waals surface area contributed by atoms with E-state index < -0.39 is 44.8 Å². The zero-order valence-corrected chi connectivity index (χ0v) is 15.6. The molecule has 2 rings (SSSR count). The van der Waals surface area contributed by atoms with Crippen molar-refractivity contribution in [3.63, 3.8) is 0 Å². The molecule has 1 fully saturated rings. The normalized spacial score (nSPS) is 22.6. The standard InChI is InChI=1S/C17H24FNO5S/c1-11-14(9-10-23-11)25(21,22)19-15(16(20)24-17(2,3)4)12-5-7-13(18)8-6-12/h5-8,11,14-15,19H,9-10H2,1-4H3. The first-order valence-corrected chi connectivity index (χ1v) is 9.65. The van der Waals surface area contributed by atoms with Crippen molar-refractivity contribution in [2.24, 2.45) is 0 Å². The highest BCUT2D eigenvalue weighted by atomic mass is 32.2. The fraction of sp³-hybridized carbons (Fsp3) is 0.588. The number of nitrogens with one attached hydrogen (secondary N) is 1. The second-order valence-corrected chi connectivity index (χ2v) is 9.02. The Morgan fingerprint density at radius 2 is 1.92 bits per heavy atom. The summed E-state index contributed by atoms with van der Waals surface area (Å²) in [6, 6.07) is 3.81. The van der Waals surface area contributed by atoms with E-state index in [1.54, 1.807) is 27.7 Å². The molecule has 1 saturated heterocycles. The van der Waals surface area contributed by atoms with Gasteiger partial charge in [-0.05, 0) is 51.8 Å². The van der Waals surface area contributed by atoms with Gasteiger partial charge in [0.15, 0.2) is 0 Å². The number of rotatable bonds is 5. The Hall–Kier alpha value is -1.51. The smallest absolute Gasteiger partial charge is 0.329 e. The Bertz CT molecular complexity index is 712. The molecule has 1 aliphatic heterocycles. The summed E-state index contributed by atoms with van der Waals surface area (Å²) in [6.45, 7) is 7.09. The van der Waals surface area contributed by atoms with E-state index in [0.717, 1.165) is 0 Å². The topological polar surface area (TPSA) is 81.7 Å². The molecule has 1 aliphatic rings. The van der Waals surface area contributed by atoms with Gasteiger partial charge in [0.25, 0.3) is 0 Å². The van der Waals surface area contributed by atoms with Crippen LogP contribution >= 0.6 is 0 Å². The second-order valence-electron chi connectivity index (χ2n) is 7.08. The summed E-state index contributed by atoms with van der Waals surface area (Å²) < 4.78 is 51.6. The minimum Gasteiger partial charge on any atom is -0.459 e. The lowest BCUT2D eigenvalue weighted by Gasteiger charge is -2.26. The van der Waals surface area contributed by atoms with Crippen molar-refractivity contribution in [3.05, 3.63) is 35.6 Å². The van der Waals surface area contributed by atoms with Crippen LogP contribution in [0.1, 0.15) is 45.7 Å². The van der Waals surface area contributed by atoms with Gasteiger partial charge in [-0.15, -0.1) is 0 Å². The molecule has 1 aromatic carbocycles. The first-order chi connectivity index (χ1) is 11.5. The predicted octanol–water partition coefficient (Wildman–Crippen LogP) is 2.31. The SMILES string of the molecule is CC1OCCC1S(=O)(=O)NC(C(=O)OC(C)(C)C)c1ccc(F)cc1. The number of halogens is 1. The van der Waals surface area contributed by atoms with Gasteiger partial charge in [0, 0.05) is 6.61 Å². The molecule has 0 amide bonds. The summed E-state index contributed by atoms with van der Waals surface area (Å²) in [5.41, 5.74) is -0.476. The maximum absolute atomic E-state index is 13.2. The van der Waals surface area contributed by atoms with Crippen molar-refractivity contribution in [1.82, 2.24) is 4.72 Å². The van der Waals surface area contributed by atoms with Crippen molar-refractivity contribution in [2.75, 3.05) is 6.61 Å². The number of hydrogen-bond acceptors (Lipinski definition) is 5. The van der Waals surface area contributed by atoms with Crippen LogP contribution in [-0.2, 0) is 24.3 Å². The molecule has 0 aromatic heterocycles. The lowest BCUT2D eigenvalue weighted by atomic mass is 10.1. The van der Waals surface area contributed by atoms with E-state index in [9.17, 15) is 17.6 Å². The van der Waals surface area contributed by atoms with Crippen molar-refractivity contribution in [3.8, 4) is 0 Å². The lowest BCUT2D eigenvalue weighted by molar-refractivity contribution is -0.157. The van der Waals surface area contributed by atoms with Crippen LogP contribution in [0.4, 0.5) is 4.39 Å². The number of hydrogen-bond donors (Lipinski definition) is 1. The molecule has 0 radical (unpaired) electrons. The summed E-state index contributed by atoms with van der Waals surface area (Å²) >= 11 is 0. The third-order valence-corrected chi connectivity index (χ3v) is 5.81. The molecule has 0 saturated carbocycles. The molecule has 0 bridgehead atoms. The van der Waals surface area contributed by atoms with E-state index in [1.165, 1.54) is 24.3 Å². The Balaban J connectivity index is 2.31. The fourth-order valence-electron chi connectivity index (χ4n) is 2.64. The highest BCUT2D eigenvalue weighted by Crippen LogP contribution is 2.25. The van der Waals surface area contributed by atoms with Gasteiger partial charge in [-0.25, -0.2) is 17.6 Å². The van der Waals surface area contributed by atoms with Crippen molar-refractivity contribution in [1.29, 1.82) is 0 Å². The molecule has 25 heavy (non-hydrogen) atoms. The number of benzene rings is 1. The molecule has 1 N–H and O–H groups in total. The van der Waals surface area contributed by atoms with E-state index >= 15 is 0 Å². The third-order valence-electron chi connectivity index (χ3n) is 3.83. The molecule has 0 spiro atoms. The zero-order chi connectivity index (χ0) is 18.8. The van der Waals surface area contributed by atoms with Crippen molar-refractivity contribution >= 4 is 16.0 Å². The Kier molecular flexibility index (Phi) is 5.86. The van der Waals surface area contributed by atoms with Gasteiger partial charge >= 0.3 is 5.97 Å². The minimum atomic E-state index is -3.84. The molecule has 1 heterocycles. The van der Waals surface area contributed by atoms with E-state index in [1.807, 2.05) is 0 Å². The average molecular weight is 373 g/mol. The van der Waals surface area contributed by atoms with Crippen LogP contribution in [0.3, 0.4) is 0 Å². The number of ether oxygens (including phenoxy) is 2. The second kappa shape index (κ2) is 7.39. The number of sulfonamides is 1. The van der Waals surface area contributed by atoms with Crippen LogP contribution in [0.15, 0.2) is 24.3 Å².